The number of hydrogen-bond acceptors (Lipinski definition) is 8. The second kappa shape index (κ2) is 11.3. The standard InChI is InChI=1S/C23H27BrN2O6/c1-4-30-21(28)12-15-6-5-7-18(23(15)31-13-29-3)25-9-8-19(27)16-10-17(24)22-20(11-16)32-14(2)26-22/h5-7,10-11,19,25,27H,4,8-9,12-13H2,1-3H3. The first kappa shape index (κ1) is 24.0. The number of carbonyl (C=O) groups is 1. The summed E-state index contributed by atoms with van der Waals surface area (Å²) in [5.74, 6) is 0.768. The average molecular weight is 507 g/mol. The van der Waals surface area contributed by atoms with Crippen molar-refractivity contribution in [3.05, 3.63) is 51.8 Å². The SMILES string of the molecule is CCOC(=O)Cc1cccc(NCCC(O)c2cc(Br)c3nc(C)oc3c2)c1OCOC. The van der Waals surface area contributed by atoms with Gasteiger partial charge < -0.3 is 29.1 Å². The molecule has 3 rings (SSSR count). The van der Waals surface area contributed by atoms with Crippen molar-refractivity contribution in [2.45, 2.75) is 32.8 Å². The summed E-state index contributed by atoms with van der Waals surface area (Å²) >= 11 is 3.49. The third-order valence-corrected chi connectivity index (χ3v) is 5.36. The van der Waals surface area contributed by atoms with Crippen molar-refractivity contribution in [2.24, 2.45) is 0 Å². The Morgan fingerprint density at radius 1 is 1.34 bits per heavy atom. The van der Waals surface area contributed by atoms with Crippen LogP contribution in [-0.2, 0) is 20.7 Å². The monoisotopic (exact) mass is 506 g/mol. The minimum Gasteiger partial charge on any atom is -0.466 e. The largest absolute Gasteiger partial charge is 0.466 e. The molecule has 0 saturated carbocycles. The van der Waals surface area contributed by atoms with Gasteiger partial charge in [0.2, 0.25) is 0 Å². The molecule has 0 radical (unpaired) electrons. The van der Waals surface area contributed by atoms with Gasteiger partial charge in [-0.2, -0.15) is 0 Å². The minimum absolute atomic E-state index is 0.0434. The number of esters is 1. The summed E-state index contributed by atoms with van der Waals surface area (Å²) in [5, 5.41) is 14.0. The highest BCUT2D eigenvalue weighted by molar-refractivity contribution is 9.10. The summed E-state index contributed by atoms with van der Waals surface area (Å²) in [6, 6.07) is 9.16. The normalized spacial score (nSPS) is 12.0. The van der Waals surface area contributed by atoms with Crippen molar-refractivity contribution in [2.75, 3.05) is 32.4 Å². The molecule has 0 spiro atoms. The molecule has 0 aliphatic rings. The summed E-state index contributed by atoms with van der Waals surface area (Å²) in [4.78, 5) is 16.3. The zero-order valence-corrected chi connectivity index (χ0v) is 19.9. The van der Waals surface area contributed by atoms with E-state index in [9.17, 15) is 9.90 Å². The van der Waals surface area contributed by atoms with E-state index >= 15 is 0 Å². The summed E-state index contributed by atoms with van der Waals surface area (Å²) < 4.78 is 22.2. The molecule has 8 nitrogen and oxygen atoms in total. The molecule has 9 heteroatoms. The van der Waals surface area contributed by atoms with Gasteiger partial charge in [0, 0.05) is 30.6 Å². The van der Waals surface area contributed by atoms with E-state index in [2.05, 4.69) is 26.2 Å². The molecule has 0 saturated heterocycles. The van der Waals surface area contributed by atoms with Crippen LogP contribution in [-0.4, -0.2) is 43.1 Å². The Hall–Kier alpha value is -2.62. The highest BCUT2D eigenvalue weighted by Crippen LogP contribution is 2.32. The van der Waals surface area contributed by atoms with E-state index in [-0.39, 0.29) is 19.2 Å². The summed E-state index contributed by atoms with van der Waals surface area (Å²) in [6.07, 6.45) is -0.174. The van der Waals surface area contributed by atoms with Crippen molar-refractivity contribution in [1.82, 2.24) is 4.98 Å². The molecule has 2 N–H and O–H groups in total. The van der Waals surface area contributed by atoms with E-state index in [1.54, 1.807) is 19.9 Å². The molecule has 0 aliphatic carbocycles. The number of aliphatic hydroxyl groups is 1. The van der Waals surface area contributed by atoms with Gasteiger partial charge in [-0.3, -0.25) is 4.79 Å². The number of para-hydroxylation sites is 1. The van der Waals surface area contributed by atoms with Crippen molar-refractivity contribution in [3.63, 3.8) is 0 Å². The number of anilines is 1. The Morgan fingerprint density at radius 3 is 2.91 bits per heavy atom. The number of aliphatic hydroxyl groups excluding tert-OH is 1. The number of rotatable bonds is 11. The molecule has 0 amide bonds. The Morgan fingerprint density at radius 2 is 2.16 bits per heavy atom. The minimum atomic E-state index is -0.709. The van der Waals surface area contributed by atoms with Crippen LogP contribution in [0.1, 0.15) is 36.5 Å². The summed E-state index contributed by atoms with van der Waals surface area (Å²) in [5.41, 5.74) is 3.49. The van der Waals surface area contributed by atoms with Gasteiger partial charge in [0.1, 0.15) is 11.3 Å². The third kappa shape index (κ3) is 5.99. The summed E-state index contributed by atoms with van der Waals surface area (Å²) in [7, 11) is 1.53. The van der Waals surface area contributed by atoms with E-state index < -0.39 is 6.10 Å². The quantitative estimate of drug-likeness (QED) is 0.289. The van der Waals surface area contributed by atoms with Crippen molar-refractivity contribution in [3.8, 4) is 5.75 Å². The fourth-order valence-corrected chi connectivity index (χ4v) is 3.89. The maximum Gasteiger partial charge on any atom is 0.310 e. The van der Waals surface area contributed by atoms with Gasteiger partial charge >= 0.3 is 5.97 Å². The van der Waals surface area contributed by atoms with Gasteiger partial charge in [-0.15, -0.1) is 0 Å². The van der Waals surface area contributed by atoms with E-state index in [1.165, 1.54) is 7.11 Å². The number of hydrogen-bond donors (Lipinski definition) is 2. The van der Waals surface area contributed by atoms with Crippen LogP contribution in [0.5, 0.6) is 5.75 Å². The topological polar surface area (TPSA) is 103 Å². The smallest absolute Gasteiger partial charge is 0.310 e. The van der Waals surface area contributed by atoms with Crippen LogP contribution >= 0.6 is 15.9 Å². The molecule has 1 atom stereocenters. The zero-order chi connectivity index (χ0) is 23.1. The maximum atomic E-state index is 12.0. The fraction of sp³-hybridized carbons (Fsp3) is 0.391. The second-order valence-electron chi connectivity index (χ2n) is 7.14. The Kier molecular flexibility index (Phi) is 8.49. The lowest BCUT2D eigenvalue weighted by atomic mass is 10.1. The van der Waals surface area contributed by atoms with Crippen molar-refractivity contribution in [1.29, 1.82) is 0 Å². The Labute approximate surface area is 195 Å². The van der Waals surface area contributed by atoms with Crippen LogP contribution in [0.15, 0.2) is 39.2 Å². The molecule has 1 unspecified atom stereocenters. The molecule has 0 aliphatic heterocycles. The molecule has 1 heterocycles. The third-order valence-electron chi connectivity index (χ3n) is 4.75. The van der Waals surface area contributed by atoms with Gasteiger partial charge in [-0.05, 0) is 53.0 Å². The number of methoxy groups -OCH3 is 1. The van der Waals surface area contributed by atoms with Gasteiger partial charge in [0.15, 0.2) is 18.3 Å². The van der Waals surface area contributed by atoms with Crippen LogP contribution in [0.25, 0.3) is 11.1 Å². The highest BCUT2D eigenvalue weighted by atomic mass is 79.9. The number of fused-ring (bicyclic) bond motifs is 1. The molecule has 3 aromatic rings. The molecular weight excluding hydrogens is 480 g/mol. The van der Waals surface area contributed by atoms with Crippen molar-refractivity contribution < 1.29 is 28.5 Å². The second-order valence-corrected chi connectivity index (χ2v) is 7.99. The highest BCUT2D eigenvalue weighted by Gasteiger charge is 2.16. The van der Waals surface area contributed by atoms with Crippen LogP contribution < -0.4 is 10.1 Å². The first-order chi connectivity index (χ1) is 15.4. The molecule has 2 aromatic carbocycles. The number of oxazole rings is 1. The number of ether oxygens (including phenoxy) is 3. The van der Waals surface area contributed by atoms with E-state index in [1.807, 2.05) is 24.3 Å². The number of carbonyl (C=O) groups excluding carboxylic acids is 1. The predicted octanol–water partition coefficient (Wildman–Crippen LogP) is 4.52. The molecule has 0 bridgehead atoms. The Bertz CT molecular complexity index is 1070. The predicted molar refractivity (Wildman–Crippen MR) is 124 cm³/mol. The molecule has 172 valence electrons. The number of nitrogens with one attached hydrogen (secondary N) is 1. The molecule has 32 heavy (non-hydrogen) atoms. The number of aryl methyl sites for hydroxylation is 1. The van der Waals surface area contributed by atoms with E-state index in [4.69, 9.17) is 18.6 Å². The summed E-state index contributed by atoms with van der Waals surface area (Å²) in [6.45, 7) is 4.38. The van der Waals surface area contributed by atoms with Crippen LogP contribution in [0, 0.1) is 6.92 Å². The molecule has 1 aromatic heterocycles. The van der Waals surface area contributed by atoms with Crippen LogP contribution in [0.4, 0.5) is 5.69 Å². The molecule has 0 fully saturated rings. The first-order valence-corrected chi connectivity index (χ1v) is 11.1. The van der Waals surface area contributed by atoms with Gasteiger partial charge in [0.25, 0.3) is 0 Å². The number of benzene rings is 2. The van der Waals surface area contributed by atoms with E-state index in [0.29, 0.717) is 48.0 Å². The van der Waals surface area contributed by atoms with E-state index in [0.717, 1.165) is 15.6 Å². The van der Waals surface area contributed by atoms with Crippen LogP contribution in [0.2, 0.25) is 0 Å². The van der Waals surface area contributed by atoms with Gasteiger partial charge in [-0.25, -0.2) is 4.98 Å². The lowest BCUT2D eigenvalue weighted by Gasteiger charge is -2.18. The Balaban J connectivity index is 1.69. The fourth-order valence-electron chi connectivity index (χ4n) is 3.34. The lowest BCUT2D eigenvalue weighted by Crippen LogP contribution is -2.13. The average Bonchev–Trinajstić information content (AvgIpc) is 3.14. The number of nitrogens with zero attached hydrogens (tertiary/aromatic N) is 1. The molecular formula is C23H27BrN2O6. The lowest BCUT2D eigenvalue weighted by molar-refractivity contribution is -0.142. The van der Waals surface area contributed by atoms with Crippen molar-refractivity contribution >= 4 is 38.7 Å². The van der Waals surface area contributed by atoms with Crippen LogP contribution in [0.3, 0.4) is 0 Å². The zero-order valence-electron chi connectivity index (χ0n) is 18.3. The maximum absolute atomic E-state index is 12.0. The first-order valence-electron chi connectivity index (χ1n) is 10.3. The number of aromatic nitrogens is 1. The number of halogens is 1. The van der Waals surface area contributed by atoms with Gasteiger partial charge in [0.05, 0.1) is 24.8 Å². The van der Waals surface area contributed by atoms with Gasteiger partial charge in [-0.1, -0.05) is 12.1 Å².